The quantitative estimate of drug-likeness (QED) is 0.713. The van der Waals surface area contributed by atoms with Gasteiger partial charge in [-0.2, -0.15) is 0 Å². The fourth-order valence-electron chi connectivity index (χ4n) is 1.00. The summed E-state index contributed by atoms with van der Waals surface area (Å²) in [4.78, 5) is 3.92. The van der Waals surface area contributed by atoms with Crippen LogP contribution in [0.3, 0.4) is 0 Å². The van der Waals surface area contributed by atoms with Crippen LogP contribution in [0.25, 0.3) is 10.2 Å². The fraction of sp³-hybridized carbons (Fsp3) is 0. The van der Waals surface area contributed by atoms with Gasteiger partial charge < -0.3 is 5.73 Å². The minimum absolute atomic E-state index is 0.0452. The van der Waals surface area contributed by atoms with Gasteiger partial charge in [0, 0.05) is 0 Å². The van der Waals surface area contributed by atoms with Crippen molar-refractivity contribution < 1.29 is 4.39 Å². The molecule has 2 aromatic rings. The van der Waals surface area contributed by atoms with Crippen LogP contribution in [0.1, 0.15) is 0 Å². The number of thiazole rings is 1. The molecular weight excluding hydrogens is 234 g/mol. The van der Waals surface area contributed by atoms with Gasteiger partial charge in [0.25, 0.3) is 0 Å². The van der Waals surface area contributed by atoms with E-state index in [1.165, 1.54) is 0 Å². The van der Waals surface area contributed by atoms with Crippen LogP contribution in [0, 0.1) is 5.82 Å². The predicted molar refractivity (Wildman–Crippen MR) is 54.0 cm³/mol. The van der Waals surface area contributed by atoms with Crippen molar-refractivity contribution in [3.8, 4) is 0 Å². The first-order valence-electron chi connectivity index (χ1n) is 3.29. The molecule has 0 amide bonds. The molecular formula is C7H3Cl2FN2S. The van der Waals surface area contributed by atoms with Crippen molar-refractivity contribution in [2.75, 3.05) is 5.73 Å². The van der Waals surface area contributed by atoms with Crippen LogP contribution in [0.15, 0.2) is 6.07 Å². The number of hydrogen-bond acceptors (Lipinski definition) is 3. The number of fused-ring (bicyclic) bond motifs is 1. The molecule has 0 radical (unpaired) electrons. The number of hydrogen-bond donors (Lipinski definition) is 1. The molecule has 0 bridgehead atoms. The van der Waals surface area contributed by atoms with Crippen molar-refractivity contribution in [2.45, 2.75) is 0 Å². The van der Waals surface area contributed by atoms with E-state index < -0.39 is 5.82 Å². The fourth-order valence-corrected chi connectivity index (χ4v) is 2.37. The average Bonchev–Trinajstić information content (AvgIpc) is 2.44. The average molecular weight is 237 g/mol. The Morgan fingerprint density at radius 1 is 1.46 bits per heavy atom. The van der Waals surface area contributed by atoms with Gasteiger partial charge in [0.15, 0.2) is 4.47 Å². The maximum Gasteiger partial charge on any atom is 0.184 e. The van der Waals surface area contributed by atoms with Crippen molar-refractivity contribution in [3.63, 3.8) is 0 Å². The Morgan fingerprint density at radius 3 is 2.85 bits per heavy atom. The normalized spacial score (nSPS) is 11.0. The molecule has 0 saturated heterocycles. The SMILES string of the molecule is Nc1c(F)cc(Cl)c2nc(Cl)sc12. The van der Waals surface area contributed by atoms with Crippen LogP contribution in [-0.2, 0) is 0 Å². The number of halogens is 3. The Bertz CT molecular complexity index is 483. The molecule has 6 heteroatoms. The monoisotopic (exact) mass is 236 g/mol. The van der Waals surface area contributed by atoms with E-state index in [4.69, 9.17) is 28.9 Å². The molecule has 2 N–H and O–H groups in total. The summed E-state index contributed by atoms with van der Waals surface area (Å²) in [6, 6.07) is 1.13. The highest BCUT2D eigenvalue weighted by Gasteiger charge is 2.12. The van der Waals surface area contributed by atoms with Crippen molar-refractivity contribution in [2.24, 2.45) is 0 Å². The molecule has 0 unspecified atom stereocenters. The van der Waals surface area contributed by atoms with E-state index in [0.717, 1.165) is 17.4 Å². The molecule has 0 aliphatic carbocycles. The van der Waals surface area contributed by atoms with Crippen LogP contribution >= 0.6 is 34.5 Å². The summed E-state index contributed by atoms with van der Waals surface area (Å²) >= 11 is 12.5. The molecule has 0 atom stereocenters. The summed E-state index contributed by atoms with van der Waals surface area (Å²) in [5.41, 5.74) is 5.98. The van der Waals surface area contributed by atoms with E-state index in [0.29, 0.717) is 14.7 Å². The maximum absolute atomic E-state index is 13.0. The minimum Gasteiger partial charge on any atom is -0.395 e. The lowest BCUT2D eigenvalue weighted by Gasteiger charge is -1.98. The number of nitrogen functional groups attached to an aromatic ring is 1. The predicted octanol–water partition coefficient (Wildman–Crippen LogP) is 3.32. The second kappa shape index (κ2) is 2.97. The summed E-state index contributed by atoms with van der Waals surface area (Å²) in [6.07, 6.45) is 0. The van der Waals surface area contributed by atoms with Crippen molar-refractivity contribution in [1.29, 1.82) is 0 Å². The molecule has 2 nitrogen and oxygen atoms in total. The van der Waals surface area contributed by atoms with E-state index in [-0.39, 0.29) is 10.7 Å². The van der Waals surface area contributed by atoms with E-state index in [1.54, 1.807) is 0 Å². The standard InChI is InChI=1S/C7H3Cl2FN2S/c8-2-1-3(10)4(11)6-5(2)12-7(9)13-6/h1H,11H2. The molecule has 2 rings (SSSR count). The molecule has 1 aromatic heterocycles. The third-order valence-corrected chi connectivity index (χ3v) is 3.06. The van der Waals surface area contributed by atoms with Gasteiger partial charge in [-0.25, -0.2) is 9.37 Å². The molecule has 0 aliphatic heterocycles. The largest absolute Gasteiger partial charge is 0.395 e. The molecule has 1 heterocycles. The molecule has 1 aromatic carbocycles. The first-order valence-corrected chi connectivity index (χ1v) is 4.86. The molecule has 13 heavy (non-hydrogen) atoms. The van der Waals surface area contributed by atoms with Crippen LogP contribution < -0.4 is 5.73 Å². The van der Waals surface area contributed by atoms with Gasteiger partial charge in [0.1, 0.15) is 11.3 Å². The first kappa shape index (κ1) is 8.99. The topological polar surface area (TPSA) is 38.9 Å². The van der Waals surface area contributed by atoms with Crippen LogP contribution in [-0.4, -0.2) is 4.98 Å². The van der Waals surface area contributed by atoms with E-state index in [9.17, 15) is 4.39 Å². The third-order valence-electron chi connectivity index (χ3n) is 1.58. The second-order valence-electron chi connectivity index (χ2n) is 2.40. The van der Waals surface area contributed by atoms with Gasteiger partial charge in [-0.1, -0.05) is 23.2 Å². The number of benzene rings is 1. The van der Waals surface area contributed by atoms with Gasteiger partial charge >= 0.3 is 0 Å². The second-order valence-corrected chi connectivity index (χ2v) is 4.39. The Balaban J connectivity index is 2.95. The lowest BCUT2D eigenvalue weighted by atomic mass is 10.3. The highest BCUT2D eigenvalue weighted by molar-refractivity contribution is 7.22. The Hall–Kier alpha value is -0.580. The van der Waals surface area contributed by atoms with Gasteiger partial charge in [0.05, 0.1) is 15.4 Å². The number of rotatable bonds is 0. The Labute approximate surface area is 87.1 Å². The molecule has 0 spiro atoms. The first-order chi connectivity index (χ1) is 6.09. The minimum atomic E-state index is -0.544. The van der Waals surface area contributed by atoms with Gasteiger partial charge in [-0.15, -0.1) is 11.3 Å². The highest BCUT2D eigenvalue weighted by Crippen LogP contribution is 2.36. The summed E-state index contributed by atoms with van der Waals surface area (Å²) in [5.74, 6) is -0.544. The summed E-state index contributed by atoms with van der Waals surface area (Å²) in [6.45, 7) is 0. The lowest BCUT2D eigenvalue weighted by Crippen LogP contribution is -1.90. The van der Waals surface area contributed by atoms with E-state index >= 15 is 0 Å². The highest BCUT2D eigenvalue weighted by atomic mass is 35.5. The van der Waals surface area contributed by atoms with Crippen LogP contribution in [0.4, 0.5) is 10.1 Å². The van der Waals surface area contributed by atoms with Crippen molar-refractivity contribution in [3.05, 3.63) is 21.4 Å². The Kier molecular flexibility index (Phi) is 2.06. The number of nitrogens with two attached hydrogens (primary N) is 1. The van der Waals surface area contributed by atoms with Crippen molar-refractivity contribution in [1.82, 2.24) is 4.98 Å². The van der Waals surface area contributed by atoms with E-state index in [1.807, 2.05) is 0 Å². The van der Waals surface area contributed by atoms with Gasteiger partial charge in [-0.3, -0.25) is 0 Å². The third kappa shape index (κ3) is 1.35. The maximum atomic E-state index is 13.0. The van der Waals surface area contributed by atoms with Crippen LogP contribution in [0.5, 0.6) is 0 Å². The zero-order valence-corrected chi connectivity index (χ0v) is 8.47. The lowest BCUT2D eigenvalue weighted by molar-refractivity contribution is 0.634. The van der Waals surface area contributed by atoms with Gasteiger partial charge in [0.2, 0.25) is 0 Å². The van der Waals surface area contributed by atoms with Gasteiger partial charge in [-0.05, 0) is 6.07 Å². The molecule has 68 valence electrons. The smallest absolute Gasteiger partial charge is 0.184 e. The summed E-state index contributed by atoms with van der Waals surface area (Å²) < 4.78 is 13.8. The van der Waals surface area contributed by atoms with E-state index in [2.05, 4.69) is 4.98 Å². The number of nitrogens with zero attached hydrogens (tertiary/aromatic N) is 1. The molecule has 0 fully saturated rings. The summed E-state index contributed by atoms with van der Waals surface area (Å²) in [5, 5.41) is 0.227. The number of anilines is 1. The number of aromatic nitrogens is 1. The molecule has 0 aliphatic rings. The zero-order valence-electron chi connectivity index (χ0n) is 6.14. The summed E-state index contributed by atoms with van der Waals surface area (Å²) in [7, 11) is 0. The molecule has 0 saturated carbocycles. The van der Waals surface area contributed by atoms with Crippen LogP contribution in [0.2, 0.25) is 9.49 Å². The zero-order chi connectivity index (χ0) is 9.59. The Morgan fingerprint density at radius 2 is 2.15 bits per heavy atom. The van der Waals surface area contributed by atoms with Crippen molar-refractivity contribution >= 4 is 50.4 Å².